The van der Waals surface area contributed by atoms with E-state index in [2.05, 4.69) is 283 Å². The molecule has 0 amide bonds. The fourth-order valence-electron chi connectivity index (χ4n) is 12.0. The molecule has 0 radical (unpaired) electrons. The molecule has 354 valence electrons. The summed E-state index contributed by atoms with van der Waals surface area (Å²) in [7, 11) is -2.29. The van der Waals surface area contributed by atoms with Crippen LogP contribution in [-0.2, 0) is 10.8 Å². The summed E-state index contributed by atoms with van der Waals surface area (Å²) < 4.78 is 0. The number of nitrogens with zero attached hydrogens (tertiary/aromatic N) is 2. The molecule has 12 aromatic carbocycles. The Morgan fingerprint density at radius 2 is 0.671 bits per heavy atom. The van der Waals surface area contributed by atoms with Crippen LogP contribution >= 0.6 is 0 Å². The van der Waals surface area contributed by atoms with Crippen molar-refractivity contribution in [2.45, 2.75) is 65.5 Å². The summed E-state index contributed by atoms with van der Waals surface area (Å²) in [5, 5.41) is 18.3. The molecule has 0 bridgehead atoms. The quantitative estimate of drug-likeness (QED) is 0.121. The molecule has 0 aliphatic carbocycles. The fraction of sp³-hybridized carbons (Fsp3) is 0.143. The first-order valence-corrected chi connectivity index (χ1v) is 29.0. The van der Waals surface area contributed by atoms with Crippen LogP contribution in [0.3, 0.4) is 0 Å². The Bertz CT molecular complexity index is 4190. The van der Waals surface area contributed by atoms with Crippen molar-refractivity contribution in [2.24, 2.45) is 0 Å². The lowest BCUT2D eigenvalue weighted by Crippen LogP contribution is -2.56. The second-order valence-electron chi connectivity index (χ2n) is 23.1. The predicted octanol–water partition coefficient (Wildman–Crippen LogP) is 18.9. The number of hydrogen-bond donors (Lipinski definition) is 0. The van der Waals surface area contributed by atoms with E-state index in [1.165, 1.54) is 103 Å². The summed E-state index contributed by atoms with van der Waals surface area (Å²) in [5.41, 5.74) is 12.4. The fourth-order valence-corrected chi connectivity index (χ4v) is 15.1. The van der Waals surface area contributed by atoms with Crippen LogP contribution in [0, 0.1) is 0 Å². The molecule has 0 saturated carbocycles. The molecular formula is C70H60N2Si. The maximum atomic E-state index is 2.56. The number of hydrogen-bond acceptors (Lipinski definition) is 2. The van der Waals surface area contributed by atoms with Gasteiger partial charge in [-0.1, -0.05) is 194 Å². The smallest absolute Gasteiger partial charge is 0.113 e. The molecule has 12 aromatic rings. The Balaban J connectivity index is 0.974. The van der Waals surface area contributed by atoms with Gasteiger partial charge in [0, 0.05) is 34.1 Å². The van der Waals surface area contributed by atoms with Crippen molar-refractivity contribution in [3.8, 4) is 11.1 Å². The van der Waals surface area contributed by atoms with E-state index in [1.54, 1.807) is 0 Å². The maximum absolute atomic E-state index is 2.56. The molecule has 73 heavy (non-hydrogen) atoms. The molecule has 2 nitrogen and oxygen atoms in total. The highest BCUT2D eigenvalue weighted by Crippen LogP contribution is 2.45. The van der Waals surface area contributed by atoms with Gasteiger partial charge in [0.1, 0.15) is 8.07 Å². The van der Waals surface area contributed by atoms with E-state index in [-0.39, 0.29) is 10.8 Å². The summed E-state index contributed by atoms with van der Waals surface area (Å²) in [5.74, 6) is 0. The topological polar surface area (TPSA) is 6.48 Å². The Labute approximate surface area is 430 Å². The molecule has 1 aliphatic heterocycles. The van der Waals surface area contributed by atoms with Crippen molar-refractivity contribution in [1.29, 1.82) is 0 Å². The highest BCUT2D eigenvalue weighted by Gasteiger charge is 2.37. The first-order chi connectivity index (χ1) is 35.2. The third-order valence-corrected chi connectivity index (χ3v) is 19.6. The van der Waals surface area contributed by atoms with Gasteiger partial charge < -0.3 is 9.80 Å². The zero-order valence-corrected chi connectivity index (χ0v) is 44.2. The standard InChI is InChI=1S/C70H60N2Si/c1-69(2,3)50-27-34-52(35-28-50)71(54-31-24-47-22-20-45-14-9-11-16-58(45)62(47)41-54)56-33-26-49-40-65-60-39-38-57(44-67(60)73(7,8)66-19-13-18-61(68(65)66)64(49)43-56)72(53-36-29-51(30-37-53)70(4,5)6)55-32-25-48-23-21-46-15-10-12-17-59(46)63(48)42-55/h9-44H,1-8H3. The molecule has 0 aromatic heterocycles. The van der Waals surface area contributed by atoms with Gasteiger partial charge in [0.15, 0.2) is 0 Å². The van der Waals surface area contributed by atoms with Crippen molar-refractivity contribution in [3.63, 3.8) is 0 Å². The summed E-state index contributed by atoms with van der Waals surface area (Å²) in [6.45, 7) is 18.9. The zero-order valence-electron chi connectivity index (χ0n) is 43.2. The molecule has 0 unspecified atom stereocenters. The number of rotatable bonds is 6. The van der Waals surface area contributed by atoms with Crippen LogP contribution in [0.15, 0.2) is 218 Å². The molecule has 0 saturated heterocycles. The van der Waals surface area contributed by atoms with Crippen LogP contribution in [0.5, 0.6) is 0 Å². The van der Waals surface area contributed by atoms with Gasteiger partial charge in [-0.15, -0.1) is 0 Å². The van der Waals surface area contributed by atoms with Gasteiger partial charge in [-0.2, -0.15) is 0 Å². The van der Waals surface area contributed by atoms with E-state index in [0.29, 0.717) is 0 Å². The van der Waals surface area contributed by atoms with Gasteiger partial charge in [0.05, 0.1) is 0 Å². The lowest BCUT2D eigenvalue weighted by atomic mass is 9.87. The van der Waals surface area contributed by atoms with Gasteiger partial charge in [0.25, 0.3) is 0 Å². The summed E-state index contributed by atoms with van der Waals surface area (Å²) in [6.07, 6.45) is 0. The third kappa shape index (κ3) is 7.43. The van der Waals surface area contributed by atoms with E-state index in [1.807, 2.05) is 0 Å². The normalized spacial score (nSPS) is 13.3. The SMILES string of the molecule is CC(C)(C)c1ccc(N(c2ccc3c(c2)[Si](C)(C)c2cccc4c2c-3cc2ccc(N(c3ccc(C(C)(C)C)cc3)c3ccc5ccc6ccccc6c5c3)cc24)c2ccc3ccc4ccccc4c3c2)cc1. The minimum absolute atomic E-state index is 0.0511. The minimum atomic E-state index is -2.29. The van der Waals surface area contributed by atoms with Crippen LogP contribution in [0.1, 0.15) is 52.7 Å². The highest BCUT2D eigenvalue weighted by molar-refractivity contribution is 7.03. The van der Waals surface area contributed by atoms with Gasteiger partial charge in [-0.3, -0.25) is 0 Å². The van der Waals surface area contributed by atoms with Gasteiger partial charge >= 0.3 is 0 Å². The van der Waals surface area contributed by atoms with Gasteiger partial charge in [-0.05, 0) is 187 Å². The van der Waals surface area contributed by atoms with Crippen LogP contribution in [0.4, 0.5) is 34.1 Å². The van der Waals surface area contributed by atoms with Gasteiger partial charge in [-0.25, -0.2) is 0 Å². The lowest BCUT2D eigenvalue weighted by molar-refractivity contribution is 0.590. The second kappa shape index (κ2) is 16.5. The molecule has 1 heterocycles. The molecule has 0 atom stereocenters. The van der Waals surface area contributed by atoms with E-state index < -0.39 is 8.07 Å². The number of benzene rings is 12. The van der Waals surface area contributed by atoms with Crippen molar-refractivity contribution in [2.75, 3.05) is 9.80 Å². The largest absolute Gasteiger partial charge is 0.310 e. The Morgan fingerprint density at radius 3 is 1.16 bits per heavy atom. The minimum Gasteiger partial charge on any atom is -0.310 e. The average molecular weight is 957 g/mol. The average Bonchev–Trinajstić information content (AvgIpc) is 3.40. The van der Waals surface area contributed by atoms with E-state index in [4.69, 9.17) is 0 Å². The number of anilines is 6. The summed E-state index contributed by atoms with van der Waals surface area (Å²) >= 11 is 0. The summed E-state index contributed by atoms with van der Waals surface area (Å²) in [4.78, 5) is 4.94. The Morgan fingerprint density at radius 1 is 0.288 bits per heavy atom. The van der Waals surface area contributed by atoms with Crippen LogP contribution in [0.25, 0.3) is 75.8 Å². The van der Waals surface area contributed by atoms with Crippen LogP contribution < -0.4 is 20.2 Å². The van der Waals surface area contributed by atoms with Crippen molar-refractivity contribution >= 4 is 117 Å². The van der Waals surface area contributed by atoms with E-state index in [9.17, 15) is 0 Å². The monoisotopic (exact) mass is 956 g/mol. The van der Waals surface area contributed by atoms with Crippen molar-refractivity contribution in [3.05, 3.63) is 230 Å². The van der Waals surface area contributed by atoms with Gasteiger partial charge in [0.2, 0.25) is 0 Å². The lowest BCUT2D eigenvalue weighted by Gasteiger charge is -2.36. The molecular weight excluding hydrogens is 897 g/mol. The first kappa shape index (κ1) is 44.9. The molecule has 13 rings (SSSR count). The molecule has 1 aliphatic rings. The molecule has 0 N–H and O–H groups in total. The van der Waals surface area contributed by atoms with E-state index in [0.717, 1.165) is 28.4 Å². The molecule has 3 heteroatoms. The van der Waals surface area contributed by atoms with Crippen molar-refractivity contribution in [1.82, 2.24) is 0 Å². The number of fused-ring (bicyclic) bond motifs is 10. The maximum Gasteiger partial charge on any atom is 0.113 e. The highest BCUT2D eigenvalue weighted by atomic mass is 28.3. The molecule has 0 spiro atoms. The van der Waals surface area contributed by atoms with Crippen LogP contribution in [-0.4, -0.2) is 8.07 Å². The van der Waals surface area contributed by atoms with Crippen molar-refractivity contribution < 1.29 is 0 Å². The van der Waals surface area contributed by atoms with Crippen LogP contribution in [0.2, 0.25) is 13.1 Å². The van der Waals surface area contributed by atoms with E-state index >= 15 is 0 Å². The molecule has 0 fully saturated rings. The Kier molecular flexibility index (Phi) is 10.2. The predicted molar refractivity (Wildman–Crippen MR) is 320 cm³/mol. The third-order valence-electron chi connectivity index (χ3n) is 16.1. The summed E-state index contributed by atoms with van der Waals surface area (Å²) in [6, 6.07) is 83.0. The second-order valence-corrected chi connectivity index (χ2v) is 27.4. The zero-order chi connectivity index (χ0) is 50.0. The first-order valence-electron chi connectivity index (χ1n) is 26.0. The Hall–Kier alpha value is -7.98.